The molecule has 0 spiro atoms. The molecule has 2 unspecified atom stereocenters. The molecule has 1 N–H and O–H groups in total. The molecule has 3 aliphatic rings. The smallest absolute Gasteiger partial charge is 0.255 e. The lowest BCUT2D eigenvalue weighted by Crippen LogP contribution is -2.52. The van der Waals surface area contributed by atoms with E-state index in [4.69, 9.17) is 4.74 Å². The summed E-state index contributed by atoms with van der Waals surface area (Å²) >= 11 is 1.75. The van der Waals surface area contributed by atoms with Crippen LogP contribution in [0.5, 0.6) is 5.75 Å². The minimum absolute atomic E-state index is 0.103. The Hall–Kier alpha value is -2.78. The van der Waals surface area contributed by atoms with Crippen molar-refractivity contribution in [1.82, 2.24) is 20.1 Å². The van der Waals surface area contributed by atoms with Crippen LogP contribution >= 0.6 is 11.3 Å². The van der Waals surface area contributed by atoms with Crippen molar-refractivity contribution < 1.29 is 19.1 Å². The van der Waals surface area contributed by atoms with E-state index in [1.54, 1.807) is 22.3 Å². The standard InChI is InChI=1S/C23H26N4O4S/c1-13-20(32-14(2)24-13)12-26-8-7-17(11-26)31-16-3-4-18-15(9-16)10-27(23(18)30)19-5-6-21(28)25-22(19)29/h3-4,9,17,19H,5-8,10-12H2,1-2H3,(H,25,28,29). The Bertz CT molecular complexity index is 1100. The molecule has 0 radical (unpaired) electrons. The second-order valence-electron chi connectivity index (χ2n) is 8.72. The van der Waals surface area contributed by atoms with E-state index < -0.39 is 11.9 Å². The number of likely N-dealkylation sites (tertiary alicyclic amines) is 1. The van der Waals surface area contributed by atoms with Crippen molar-refractivity contribution in [2.75, 3.05) is 13.1 Å². The number of thiazole rings is 1. The zero-order valence-electron chi connectivity index (χ0n) is 18.2. The van der Waals surface area contributed by atoms with E-state index in [0.29, 0.717) is 18.5 Å². The summed E-state index contributed by atoms with van der Waals surface area (Å²) in [5, 5.41) is 3.44. The Morgan fingerprint density at radius 3 is 2.81 bits per heavy atom. The summed E-state index contributed by atoms with van der Waals surface area (Å²) in [6.07, 6.45) is 1.68. The third-order valence-electron chi connectivity index (χ3n) is 6.39. The second kappa shape index (κ2) is 8.29. The monoisotopic (exact) mass is 454 g/mol. The van der Waals surface area contributed by atoms with Crippen LogP contribution in [0.4, 0.5) is 0 Å². The van der Waals surface area contributed by atoms with Crippen LogP contribution in [0.2, 0.25) is 0 Å². The number of hydrogen-bond acceptors (Lipinski definition) is 7. The number of aromatic nitrogens is 1. The number of ether oxygens (including phenoxy) is 1. The van der Waals surface area contributed by atoms with E-state index in [1.807, 2.05) is 19.1 Å². The van der Waals surface area contributed by atoms with Crippen molar-refractivity contribution in [2.45, 2.75) is 58.3 Å². The lowest BCUT2D eigenvalue weighted by molar-refractivity contribution is -0.136. The van der Waals surface area contributed by atoms with Gasteiger partial charge < -0.3 is 9.64 Å². The maximum Gasteiger partial charge on any atom is 0.255 e. The number of hydrogen-bond donors (Lipinski definition) is 1. The number of piperidine rings is 1. The second-order valence-corrected chi connectivity index (χ2v) is 10.0. The molecule has 3 aliphatic heterocycles. The fraction of sp³-hybridized carbons (Fsp3) is 0.478. The number of imide groups is 1. The number of amides is 3. The molecule has 1 aromatic carbocycles. The Morgan fingerprint density at radius 1 is 1.22 bits per heavy atom. The van der Waals surface area contributed by atoms with E-state index in [0.717, 1.165) is 48.1 Å². The lowest BCUT2D eigenvalue weighted by atomic mass is 10.0. The number of nitrogens with one attached hydrogen (secondary N) is 1. The molecule has 2 fully saturated rings. The number of carbonyl (C=O) groups excluding carboxylic acids is 3. The zero-order chi connectivity index (χ0) is 22.4. The fourth-order valence-corrected chi connectivity index (χ4v) is 5.76. The molecule has 0 bridgehead atoms. The summed E-state index contributed by atoms with van der Waals surface area (Å²) in [6, 6.07) is 4.94. The number of rotatable bonds is 5. The van der Waals surface area contributed by atoms with Crippen LogP contribution in [-0.4, -0.2) is 57.7 Å². The van der Waals surface area contributed by atoms with Gasteiger partial charge in [0.05, 0.1) is 10.7 Å². The van der Waals surface area contributed by atoms with Gasteiger partial charge >= 0.3 is 0 Å². The highest BCUT2D eigenvalue weighted by Crippen LogP contribution is 2.31. The van der Waals surface area contributed by atoms with Gasteiger partial charge in [-0.25, -0.2) is 4.98 Å². The summed E-state index contributed by atoms with van der Waals surface area (Å²) in [4.78, 5) is 46.3. The van der Waals surface area contributed by atoms with Crippen molar-refractivity contribution in [2.24, 2.45) is 0 Å². The van der Waals surface area contributed by atoms with Gasteiger partial charge in [-0.2, -0.15) is 0 Å². The summed E-state index contributed by atoms with van der Waals surface area (Å²) in [5.41, 5.74) is 2.58. The first-order valence-electron chi connectivity index (χ1n) is 11.0. The number of nitrogens with zero attached hydrogens (tertiary/aromatic N) is 3. The summed E-state index contributed by atoms with van der Waals surface area (Å²) in [7, 11) is 0. The van der Waals surface area contributed by atoms with Gasteiger partial charge in [-0.1, -0.05) is 0 Å². The van der Waals surface area contributed by atoms with Crippen molar-refractivity contribution in [3.8, 4) is 5.75 Å². The summed E-state index contributed by atoms with van der Waals surface area (Å²) in [6.45, 7) is 7.20. The summed E-state index contributed by atoms with van der Waals surface area (Å²) in [5.74, 6) is -0.0877. The highest BCUT2D eigenvalue weighted by Gasteiger charge is 2.39. The molecule has 2 aromatic rings. The van der Waals surface area contributed by atoms with Crippen LogP contribution in [-0.2, 0) is 22.7 Å². The number of aryl methyl sites for hydroxylation is 2. The molecule has 4 heterocycles. The minimum atomic E-state index is -0.598. The Morgan fingerprint density at radius 2 is 2.06 bits per heavy atom. The molecular formula is C23H26N4O4S. The molecule has 32 heavy (non-hydrogen) atoms. The predicted molar refractivity (Wildman–Crippen MR) is 118 cm³/mol. The van der Waals surface area contributed by atoms with Crippen molar-refractivity contribution in [3.63, 3.8) is 0 Å². The van der Waals surface area contributed by atoms with Crippen molar-refractivity contribution in [1.29, 1.82) is 0 Å². The van der Waals surface area contributed by atoms with E-state index in [1.165, 1.54) is 4.88 Å². The third-order valence-corrected chi connectivity index (χ3v) is 7.45. The fourth-order valence-electron chi connectivity index (χ4n) is 4.78. The molecule has 9 heteroatoms. The van der Waals surface area contributed by atoms with Crippen LogP contribution in [0, 0.1) is 13.8 Å². The zero-order valence-corrected chi connectivity index (χ0v) is 19.0. The largest absolute Gasteiger partial charge is 0.489 e. The van der Waals surface area contributed by atoms with E-state index in [9.17, 15) is 14.4 Å². The molecule has 168 valence electrons. The van der Waals surface area contributed by atoms with Gasteiger partial charge in [-0.3, -0.25) is 24.6 Å². The normalized spacial score (nSPS) is 23.6. The lowest BCUT2D eigenvalue weighted by Gasteiger charge is -2.29. The first kappa shape index (κ1) is 21.1. The maximum atomic E-state index is 12.8. The summed E-state index contributed by atoms with van der Waals surface area (Å²) < 4.78 is 6.25. The number of fused-ring (bicyclic) bond motifs is 1. The Labute approximate surface area is 190 Å². The number of carbonyl (C=O) groups is 3. The quantitative estimate of drug-likeness (QED) is 0.697. The van der Waals surface area contributed by atoms with Gasteiger partial charge in [-0.15, -0.1) is 11.3 Å². The molecule has 2 atom stereocenters. The van der Waals surface area contributed by atoms with Crippen molar-refractivity contribution in [3.05, 3.63) is 44.9 Å². The van der Waals surface area contributed by atoms with Gasteiger partial charge in [0, 0.05) is 43.0 Å². The Balaban J connectivity index is 1.22. The molecule has 8 nitrogen and oxygen atoms in total. The highest BCUT2D eigenvalue weighted by molar-refractivity contribution is 7.11. The van der Waals surface area contributed by atoms with Gasteiger partial charge in [-0.05, 0) is 50.5 Å². The molecule has 2 saturated heterocycles. The Kier molecular flexibility index (Phi) is 5.46. The van der Waals surface area contributed by atoms with Gasteiger partial charge in [0.2, 0.25) is 11.8 Å². The molecular weight excluding hydrogens is 428 g/mol. The predicted octanol–water partition coefficient (Wildman–Crippen LogP) is 2.17. The van der Waals surface area contributed by atoms with Crippen LogP contribution < -0.4 is 10.1 Å². The van der Waals surface area contributed by atoms with E-state index in [-0.39, 0.29) is 24.3 Å². The minimum Gasteiger partial charge on any atom is -0.489 e. The van der Waals surface area contributed by atoms with Gasteiger partial charge in [0.25, 0.3) is 5.91 Å². The maximum absolute atomic E-state index is 12.8. The topological polar surface area (TPSA) is 91.8 Å². The molecule has 1 aromatic heterocycles. The van der Waals surface area contributed by atoms with Gasteiger partial charge in [0.15, 0.2) is 0 Å². The van der Waals surface area contributed by atoms with Crippen LogP contribution in [0.3, 0.4) is 0 Å². The van der Waals surface area contributed by atoms with Crippen molar-refractivity contribution >= 4 is 29.1 Å². The molecule has 3 amide bonds. The number of benzene rings is 1. The van der Waals surface area contributed by atoms with Crippen LogP contribution in [0.25, 0.3) is 0 Å². The first-order valence-corrected chi connectivity index (χ1v) is 11.8. The molecule has 0 saturated carbocycles. The van der Waals surface area contributed by atoms with E-state index in [2.05, 4.69) is 22.1 Å². The van der Waals surface area contributed by atoms with Crippen LogP contribution in [0.15, 0.2) is 18.2 Å². The van der Waals surface area contributed by atoms with Gasteiger partial charge in [0.1, 0.15) is 17.9 Å². The van der Waals surface area contributed by atoms with E-state index >= 15 is 0 Å². The average Bonchev–Trinajstić information content (AvgIpc) is 3.40. The van der Waals surface area contributed by atoms with Crippen LogP contribution in [0.1, 0.15) is 50.8 Å². The SMILES string of the molecule is Cc1nc(C)c(CN2CCC(Oc3ccc4c(c3)CN(C3CCC(=O)NC3=O)C4=O)C2)s1. The third kappa shape index (κ3) is 4.02. The first-order chi connectivity index (χ1) is 15.4. The molecule has 0 aliphatic carbocycles. The highest BCUT2D eigenvalue weighted by atomic mass is 32.1. The average molecular weight is 455 g/mol. The molecule has 5 rings (SSSR count).